The van der Waals surface area contributed by atoms with Gasteiger partial charge in [0.2, 0.25) is 0 Å². The molecule has 0 bridgehead atoms. The van der Waals surface area contributed by atoms with E-state index in [0.29, 0.717) is 58.2 Å². The standard InChI is InChI=1S/C20H23N5OS.2C19H20ClN5OS/c1-13-6-7-16-17(11-13)27-19(22-16)23-20(26)25-10-9-24(12-15(25)3)18-14(2)5-4-8-21-18;1-12-5-6-15-16(10-12)27-18(22-15)23-19(26)25-9-8-24(11-13(25)2)17-14(20)4-3-7-21-17;1-12-4-3-7-21-17(12)24-8-9-25(13(2)11-24)19(26)23-18-22-15-6-5-14(20)10-16(15)27-18/h4-8,11,15H,9-10,12H2,1-3H3,(H,22,23,26);2*3-7,10,13H,8-9,11H2,1-2H3,(H,22,23,26)/t15-;2*13-/m111/s1. The molecule has 9 aromatic rings. The number of amides is 6. The minimum absolute atomic E-state index is 0.0356. The SMILES string of the molecule is Cc1ccc2nc(NC(=O)N3CCN(c4ncccc4C)C[C@H]3C)sc2c1.Cc1ccc2nc(NC(=O)N3CCN(c4ncccc4Cl)C[C@H]3C)sc2c1.Cc1cccnc1N1CCN(C(=O)Nc2nc3ccc(Cl)cc3s2)[C@H](C)C1. The molecule has 3 saturated heterocycles. The quantitative estimate of drug-likeness (QED) is 0.143. The van der Waals surface area contributed by atoms with Crippen LogP contribution >= 0.6 is 57.2 Å². The summed E-state index contributed by atoms with van der Waals surface area (Å²) in [5.74, 6) is 2.77. The Hall–Kier alpha value is -7.43. The monoisotopic (exact) mass is 1180 g/mol. The maximum absolute atomic E-state index is 12.8. The van der Waals surface area contributed by atoms with Gasteiger partial charge in [-0.3, -0.25) is 16.0 Å². The molecule has 0 spiro atoms. The van der Waals surface area contributed by atoms with Gasteiger partial charge in [-0.2, -0.15) is 0 Å². The zero-order chi connectivity index (χ0) is 56.9. The fourth-order valence-electron chi connectivity index (χ4n) is 10.2. The smallest absolute Gasteiger partial charge is 0.324 e. The lowest BCUT2D eigenvalue weighted by atomic mass is 10.1. The number of urea groups is 3. The molecule has 3 aliphatic rings. The van der Waals surface area contributed by atoms with E-state index in [0.717, 1.165) is 85.4 Å². The Morgan fingerprint density at radius 2 is 0.827 bits per heavy atom. The first-order chi connectivity index (χ1) is 39.0. The van der Waals surface area contributed by atoms with E-state index in [9.17, 15) is 14.4 Å². The lowest BCUT2D eigenvalue weighted by molar-refractivity contribution is 0.184. The van der Waals surface area contributed by atoms with Gasteiger partial charge in [0.15, 0.2) is 15.4 Å². The summed E-state index contributed by atoms with van der Waals surface area (Å²) < 4.78 is 3.13. The number of hydrogen-bond acceptors (Lipinski definition) is 15. The third-order valence-electron chi connectivity index (χ3n) is 14.3. The van der Waals surface area contributed by atoms with Crippen molar-refractivity contribution in [3.05, 3.63) is 142 Å². The van der Waals surface area contributed by atoms with Crippen molar-refractivity contribution < 1.29 is 14.4 Å². The number of aromatic nitrogens is 6. The highest BCUT2D eigenvalue weighted by molar-refractivity contribution is 7.23. The van der Waals surface area contributed by atoms with E-state index in [2.05, 4.69) is 119 Å². The van der Waals surface area contributed by atoms with E-state index in [1.54, 1.807) is 12.3 Å². The van der Waals surface area contributed by atoms with Crippen LogP contribution in [0.5, 0.6) is 0 Å². The summed E-state index contributed by atoms with van der Waals surface area (Å²) in [5, 5.41) is 12.0. The van der Waals surface area contributed by atoms with Crippen LogP contribution in [-0.4, -0.2) is 140 Å². The van der Waals surface area contributed by atoms with Crippen molar-refractivity contribution >= 4 is 139 Å². The molecule has 3 atom stereocenters. The molecule has 3 N–H and O–H groups in total. The summed E-state index contributed by atoms with van der Waals surface area (Å²) in [6, 6.07) is 29.3. The average molecular weight is 1190 g/mol. The number of anilines is 6. The van der Waals surface area contributed by atoms with E-state index in [4.69, 9.17) is 23.2 Å². The van der Waals surface area contributed by atoms with Gasteiger partial charge < -0.3 is 29.4 Å². The Kier molecular flexibility index (Phi) is 17.6. The second-order valence-electron chi connectivity index (χ2n) is 20.5. The fourth-order valence-corrected chi connectivity index (χ4v) is 13.5. The number of piperazine rings is 3. The molecule has 12 rings (SSSR count). The van der Waals surface area contributed by atoms with Crippen LogP contribution < -0.4 is 30.7 Å². The summed E-state index contributed by atoms with van der Waals surface area (Å²) in [7, 11) is 0. The molecule has 23 heteroatoms. The van der Waals surface area contributed by atoms with Crippen molar-refractivity contribution in [1.29, 1.82) is 0 Å². The molecule has 3 aliphatic heterocycles. The van der Waals surface area contributed by atoms with Crippen molar-refractivity contribution in [2.24, 2.45) is 0 Å². The Balaban J connectivity index is 0.000000136. The number of carbonyl (C=O) groups excluding carboxylic acids is 3. The number of halogens is 2. The molecule has 3 fully saturated rings. The summed E-state index contributed by atoms with van der Waals surface area (Å²) in [6.07, 6.45) is 5.37. The van der Waals surface area contributed by atoms with E-state index in [-0.39, 0.29) is 36.2 Å². The maximum atomic E-state index is 12.8. The van der Waals surface area contributed by atoms with Crippen LogP contribution in [0.3, 0.4) is 0 Å². The second-order valence-corrected chi connectivity index (χ2v) is 24.4. The van der Waals surface area contributed by atoms with Gasteiger partial charge in [0.05, 0.1) is 35.7 Å². The highest BCUT2D eigenvalue weighted by Crippen LogP contribution is 2.32. The Labute approximate surface area is 492 Å². The van der Waals surface area contributed by atoms with Gasteiger partial charge in [-0.25, -0.2) is 44.3 Å². The van der Waals surface area contributed by atoms with Crippen LogP contribution in [0.1, 0.15) is 43.0 Å². The molecule has 18 nitrogen and oxygen atoms in total. The Morgan fingerprint density at radius 1 is 0.469 bits per heavy atom. The number of hydrogen-bond donors (Lipinski definition) is 3. The van der Waals surface area contributed by atoms with Gasteiger partial charge in [-0.05, 0) is 137 Å². The van der Waals surface area contributed by atoms with Crippen LogP contribution in [0.15, 0.2) is 110 Å². The van der Waals surface area contributed by atoms with Gasteiger partial charge in [-0.15, -0.1) is 0 Å². The van der Waals surface area contributed by atoms with Gasteiger partial charge >= 0.3 is 18.1 Å². The first kappa shape index (κ1) is 56.8. The molecular weight excluding hydrogens is 1120 g/mol. The van der Waals surface area contributed by atoms with Crippen molar-refractivity contribution in [2.75, 3.05) is 89.6 Å². The number of nitrogens with zero attached hydrogens (tertiary/aromatic N) is 12. The van der Waals surface area contributed by atoms with Crippen LogP contribution in [0.25, 0.3) is 30.6 Å². The molecule has 0 saturated carbocycles. The van der Waals surface area contributed by atoms with Crippen molar-refractivity contribution in [3.8, 4) is 0 Å². The number of rotatable bonds is 6. The number of fused-ring (bicyclic) bond motifs is 3. The van der Waals surface area contributed by atoms with Crippen molar-refractivity contribution in [2.45, 2.75) is 66.6 Å². The second kappa shape index (κ2) is 25.2. The zero-order valence-corrected chi connectivity index (χ0v) is 50.0. The van der Waals surface area contributed by atoms with Crippen molar-refractivity contribution in [3.63, 3.8) is 0 Å². The fraction of sp³-hybridized carbons (Fsp3) is 0.328. The number of thiazole rings is 3. The van der Waals surface area contributed by atoms with Gasteiger partial charge in [-0.1, -0.05) is 81.5 Å². The van der Waals surface area contributed by atoms with Gasteiger partial charge in [0.25, 0.3) is 0 Å². The largest absolute Gasteiger partial charge is 0.353 e. The van der Waals surface area contributed by atoms with Gasteiger partial charge in [0, 0.05) is 101 Å². The van der Waals surface area contributed by atoms with Crippen LogP contribution in [0, 0.1) is 27.7 Å². The molecular formula is C58H63Cl2N15O3S3. The van der Waals surface area contributed by atoms with E-state index < -0.39 is 0 Å². The normalized spacial score (nSPS) is 17.4. The van der Waals surface area contributed by atoms with Crippen LogP contribution in [0.4, 0.5) is 47.2 Å². The summed E-state index contributed by atoms with van der Waals surface area (Å²) >= 11 is 16.7. The van der Waals surface area contributed by atoms with E-state index >= 15 is 0 Å². The minimum atomic E-state index is -0.120. The maximum Gasteiger partial charge on any atom is 0.324 e. The number of pyridine rings is 3. The van der Waals surface area contributed by atoms with E-state index in [1.165, 1.54) is 45.1 Å². The molecule has 9 heterocycles. The molecule has 420 valence electrons. The first-order valence-corrected chi connectivity index (χ1v) is 30.0. The number of carbonyl (C=O) groups is 3. The lowest BCUT2D eigenvalue weighted by Crippen LogP contribution is -2.55. The van der Waals surface area contributed by atoms with Crippen LogP contribution in [0.2, 0.25) is 10.0 Å². The molecule has 0 radical (unpaired) electrons. The van der Waals surface area contributed by atoms with E-state index in [1.807, 2.05) is 102 Å². The Morgan fingerprint density at radius 3 is 1.21 bits per heavy atom. The van der Waals surface area contributed by atoms with Crippen LogP contribution in [-0.2, 0) is 0 Å². The summed E-state index contributed by atoms with van der Waals surface area (Å²) in [5.41, 5.74) is 7.35. The number of nitrogens with one attached hydrogen (secondary N) is 3. The number of benzene rings is 3. The summed E-state index contributed by atoms with van der Waals surface area (Å²) in [4.78, 5) is 77.4. The highest BCUT2D eigenvalue weighted by Gasteiger charge is 2.32. The molecule has 3 aromatic carbocycles. The average Bonchev–Trinajstić information content (AvgIpc) is 4.18. The molecule has 0 aliphatic carbocycles. The minimum Gasteiger partial charge on any atom is -0.353 e. The predicted molar refractivity (Wildman–Crippen MR) is 333 cm³/mol. The highest BCUT2D eigenvalue weighted by atomic mass is 35.5. The zero-order valence-electron chi connectivity index (χ0n) is 46.1. The van der Waals surface area contributed by atoms with Gasteiger partial charge in [0.1, 0.15) is 17.5 Å². The molecule has 6 amide bonds. The number of aryl methyl sites for hydroxylation is 4. The lowest BCUT2D eigenvalue weighted by Gasteiger charge is -2.40. The topological polar surface area (TPSA) is 184 Å². The van der Waals surface area contributed by atoms with Crippen molar-refractivity contribution in [1.82, 2.24) is 44.6 Å². The molecule has 6 aromatic heterocycles. The molecule has 81 heavy (non-hydrogen) atoms. The first-order valence-electron chi connectivity index (χ1n) is 26.8. The molecule has 0 unspecified atom stereocenters. The summed E-state index contributed by atoms with van der Waals surface area (Å²) in [6.45, 7) is 20.7. The third-order valence-corrected chi connectivity index (χ3v) is 17.7. The Bertz CT molecular complexity index is 3350. The predicted octanol–water partition coefficient (Wildman–Crippen LogP) is 12.8. The third kappa shape index (κ3) is 13.5.